The number of hydrogen-bond acceptors (Lipinski definition) is 2. The van der Waals surface area contributed by atoms with Crippen molar-refractivity contribution in [3.05, 3.63) is 71.5 Å². The number of anilines is 1. The van der Waals surface area contributed by atoms with Crippen molar-refractivity contribution in [3.8, 4) is 0 Å². The Balaban J connectivity index is 1.78. The SMILES string of the molecule is CCn1c2ccncc2c2cc(NC(=O)c3ccccc3Cl)ccc21. The maximum Gasteiger partial charge on any atom is 0.257 e. The Morgan fingerprint density at radius 3 is 2.72 bits per heavy atom. The van der Waals surface area contributed by atoms with Gasteiger partial charge >= 0.3 is 0 Å². The zero-order valence-corrected chi connectivity index (χ0v) is 14.4. The molecule has 0 aliphatic rings. The first-order chi connectivity index (χ1) is 12.2. The Morgan fingerprint density at radius 1 is 1.12 bits per heavy atom. The third kappa shape index (κ3) is 2.65. The highest BCUT2D eigenvalue weighted by molar-refractivity contribution is 6.34. The van der Waals surface area contributed by atoms with E-state index in [0.717, 1.165) is 34.0 Å². The van der Waals surface area contributed by atoms with Crippen LogP contribution in [0.5, 0.6) is 0 Å². The summed E-state index contributed by atoms with van der Waals surface area (Å²) in [5, 5.41) is 5.52. The zero-order chi connectivity index (χ0) is 17.4. The van der Waals surface area contributed by atoms with Crippen LogP contribution in [0.25, 0.3) is 21.8 Å². The van der Waals surface area contributed by atoms with E-state index in [1.807, 2.05) is 30.5 Å². The Labute approximate surface area is 150 Å². The number of carbonyl (C=O) groups is 1. The molecule has 5 heteroatoms. The molecule has 4 aromatic rings. The van der Waals surface area contributed by atoms with Gasteiger partial charge in [0.1, 0.15) is 0 Å². The molecule has 0 atom stereocenters. The average molecular weight is 350 g/mol. The van der Waals surface area contributed by atoms with E-state index in [0.29, 0.717) is 10.6 Å². The summed E-state index contributed by atoms with van der Waals surface area (Å²) < 4.78 is 2.24. The lowest BCUT2D eigenvalue weighted by Crippen LogP contribution is -2.12. The third-order valence-electron chi connectivity index (χ3n) is 4.36. The van der Waals surface area contributed by atoms with Crippen LogP contribution in [0.4, 0.5) is 5.69 Å². The van der Waals surface area contributed by atoms with Gasteiger partial charge in [0.2, 0.25) is 0 Å². The smallest absolute Gasteiger partial charge is 0.257 e. The number of fused-ring (bicyclic) bond motifs is 3. The number of amides is 1. The predicted molar refractivity (Wildman–Crippen MR) is 102 cm³/mol. The highest BCUT2D eigenvalue weighted by Crippen LogP contribution is 2.30. The van der Waals surface area contributed by atoms with Crippen LogP contribution in [-0.2, 0) is 6.54 Å². The summed E-state index contributed by atoms with van der Waals surface area (Å²) in [6.45, 7) is 2.99. The van der Waals surface area contributed by atoms with Gasteiger partial charge in [0.05, 0.1) is 16.1 Å². The Bertz CT molecular complexity index is 1100. The first-order valence-electron chi connectivity index (χ1n) is 8.11. The van der Waals surface area contributed by atoms with Crippen molar-refractivity contribution in [2.75, 3.05) is 5.32 Å². The van der Waals surface area contributed by atoms with Gasteiger partial charge in [-0.15, -0.1) is 0 Å². The molecule has 0 radical (unpaired) electrons. The van der Waals surface area contributed by atoms with Gasteiger partial charge in [-0.3, -0.25) is 9.78 Å². The number of benzene rings is 2. The van der Waals surface area contributed by atoms with Crippen LogP contribution in [0.1, 0.15) is 17.3 Å². The molecule has 0 fully saturated rings. The van der Waals surface area contributed by atoms with Crippen molar-refractivity contribution in [2.45, 2.75) is 13.5 Å². The summed E-state index contributed by atoms with van der Waals surface area (Å²) >= 11 is 6.11. The first kappa shape index (κ1) is 15.7. The van der Waals surface area contributed by atoms with E-state index >= 15 is 0 Å². The fourth-order valence-electron chi connectivity index (χ4n) is 3.21. The molecule has 4 rings (SSSR count). The van der Waals surface area contributed by atoms with Crippen molar-refractivity contribution in [2.24, 2.45) is 0 Å². The molecule has 0 aliphatic carbocycles. The standard InChI is InChI=1S/C20H16ClN3O/c1-2-24-18-8-7-13(11-15(18)16-12-22-10-9-19(16)24)23-20(25)14-5-3-4-6-17(14)21/h3-12H,2H2,1H3,(H,23,25). The quantitative estimate of drug-likeness (QED) is 0.558. The lowest BCUT2D eigenvalue weighted by atomic mass is 10.1. The van der Waals surface area contributed by atoms with Crippen LogP contribution in [0.15, 0.2) is 60.9 Å². The summed E-state index contributed by atoms with van der Waals surface area (Å²) in [5.41, 5.74) is 3.46. The molecular formula is C20H16ClN3O. The molecule has 2 aromatic heterocycles. The largest absolute Gasteiger partial charge is 0.341 e. The summed E-state index contributed by atoms with van der Waals surface area (Å²) in [5.74, 6) is -0.220. The number of nitrogens with one attached hydrogen (secondary N) is 1. The minimum absolute atomic E-state index is 0.220. The lowest BCUT2D eigenvalue weighted by Gasteiger charge is -2.08. The maximum absolute atomic E-state index is 12.5. The molecule has 4 nitrogen and oxygen atoms in total. The predicted octanol–water partition coefficient (Wildman–Crippen LogP) is 5.12. The van der Waals surface area contributed by atoms with Crippen LogP contribution in [0.3, 0.4) is 0 Å². The lowest BCUT2D eigenvalue weighted by molar-refractivity contribution is 0.102. The second kappa shape index (κ2) is 6.22. The van der Waals surface area contributed by atoms with Crippen LogP contribution in [0.2, 0.25) is 5.02 Å². The number of aryl methyl sites for hydroxylation is 1. The monoisotopic (exact) mass is 349 g/mol. The molecule has 0 bridgehead atoms. The molecule has 0 aliphatic heterocycles. The topological polar surface area (TPSA) is 46.9 Å². The summed E-state index contributed by atoms with van der Waals surface area (Å²) in [7, 11) is 0. The van der Waals surface area contributed by atoms with Crippen molar-refractivity contribution in [1.29, 1.82) is 0 Å². The van der Waals surface area contributed by atoms with Crippen LogP contribution in [-0.4, -0.2) is 15.5 Å². The summed E-state index contributed by atoms with van der Waals surface area (Å²) in [6, 6.07) is 15.0. The minimum Gasteiger partial charge on any atom is -0.341 e. The molecule has 0 saturated carbocycles. The van der Waals surface area contributed by atoms with Gasteiger partial charge in [-0.1, -0.05) is 23.7 Å². The fraction of sp³-hybridized carbons (Fsp3) is 0.100. The molecule has 25 heavy (non-hydrogen) atoms. The molecule has 2 heterocycles. The van der Waals surface area contributed by atoms with E-state index in [4.69, 9.17) is 11.6 Å². The summed E-state index contributed by atoms with van der Waals surface area (Å²) in [6.07, 6.45) is 3.66. The Kier molecular flexibility index (Phi) is 3.90. The number of nitrogens with zero attached hydrogens (tertiary/aromatic N) is 2. The number of rotatable bonds is 3. The highest BCUT2D eigenvalue weighted by atomic mass is 35.5. The van der Waals surface area contributed by atoms with Gasteiger partial charge in [-0.05, 0) is 43.3 Å². The maximum atomic E-state index is 12.5. The van der Waals surface area contributed by atoms with E-state index in [1.165, 1.54) is 0 Å². The number of pyridine rings is 1. The summed E-state index contributed by atoms with van der Waals surface area (Å²) in [4.78, 5) is 16.7. The normalized spacial score (nSPS) is 11.1. The van der Waals surface area contributed by atoms with Gasteiger partial charge in [-0.2, -0.15) is 0 Å². The van der Waals surface area contributed by atoms with Crippen molar-refractivity contribution >= 4 is 45.0 Å². The number of carbonyl (C=O) groups excluding carboxylic acids is 1. The average Bonchev–Trinajstić information content (AvgIpc) is 2.95. The number of halogens is 1. The highest BCUT2D eigenvalue weighted by Gasteiger charge is 2.13. The Hall–Kier alpha value is -2.85. The van der Waals surface area contributed by atoms with E-state index in [2.05, 4.69) is 21.8 Å². The first-order valence-corrected chi connectivity index (χ1v) is 8.48. The number of aromatic nitrogens is 2. The van der Waals surface area contributed by atoms with Crippen LogP contribution < -0.4 is 5.32 Å². The van der Waals surface area contributed by atoms with Crippen LogP contribution >= 0.6 is 11.6 Å². The molecule has 0 unspecified atom stereocenters. The molecule has 1 amide bonds. The van der Waals surface area contributed by atoms with Gasteiger partial charge in [0, 0.05) is 40.9 Å². The zero-order valence-electron chi connectivity index (χ0n) is 13.7. The van der Waals surface area contributed by atoms with E-state index in [1.54, 1.807) is 30.5 Å². The Morgan fingerprint density at radius 2 is 1.92 bits per heavy atom. The van der Waals surface area contributed by atoms with Gasteiger partial charge in [0.25, 0.3) is 5.91 Å². The van der Waals surface area contributed by atoms with Crippen LogP contribution in [0, 0.1) is 0 Å². The molecule has 124 valence electrons. The van der Waals surface area contributed by atoms with E-state index in [-0.39, 0.29) is 5.91 Å². The van der Waals surface area contributed by atoms with Gasteiger partial charge in [-0.25, -0.2) is 0 Å². The molecule has 2 aromatic carbocycles. The van der Waals surface area contributed by atoms with Crippen molar-refractivity contribution < 1.29 is 4.79 Å². The van der Waals surface area contributed by atoms with Gasteiger partial charge in [0.15, 0.2) is 0 Å². The molecule has 0 saturated heterocycles. The second-order valence-electron chi connectivity index (χ2n) is 5.80. The minimum atomic E-state index is -0.220. The van der Waals surface area contributed by atoms with Crippen molar-refractivity contribution in [3.63, 3.8) is 0 Å². The van der Waals surface area contributed by atoms with Gasteiger partial charge < -0.3 is 9.88 Å². The van der Waals surface area contributed by atoms with E-state index < -0.39 is 0 Å². The second-order valence-corrected chi connectivity index (χ2v) is 6.21. The molecule has 0 spiro atoms. The van der Waals surface area contributed by atoms with E-state index in [9.17, 15) is 4.79 Å². The number of hydrogen-bond donors (Lipinski definition) is 1. The fourth-order valence-corrected chi connectivity index (χ4v) is 3.43. The third-order valence-corrected chi connectivity index (χ3v) is 4.69. The molecule has 1 N–H and O–H groups in total. The molecular weight excluding hydrogens is 334 g/mol. The van der Waals surface area contributed by atoms with Crippen molar-refractivity contribution in [1.82, 2.24) is 9.55 Å².